The van der Waals surface area contributed by atoms with E-state index in [1.165, 1.54) is 9.75 Å². The number of esters is 1. The molecule has 0 aromatic carbocycles. The molecule has 0 atom stereocenters. The molecule has 0 aliphatic heterocycles. The number of carbonyl (C=O) groups is 1. The SMILES string of the molecule is CCNC(=NCC(=O)OC(C)(C)C)NCc1ccc(C)s1. The molecule has 0 bridgehead atoms. The first-order chi connectivity index (χ1) is 9.80. The summed E-state index contributed by atoms with van der Waals surface area (Å²) in [7, 11) is 0. The van der Waals surface area contributed by atoms with E-state index in [2.05, 4.69) is 34.7 Å². The van der Waals surface area contributed by atoms with Gasteiger partial charge in [-0.25, -0.2) is 4.99 Å². The second-order valence-corrected chi connectivity index (χ2v) is 7.02. The van der Waals surface area contributed by atoms with Crippen LogP contribution in [0.1, 0.15) is 37.4 Å². The lowest BCUT2D eigenvalue weighted by Gasteiger charge is -2.19. The van der Waals surface area contributed by atoms with Crippen LogP contribution in [0.3, 0.4) is 0 Å². The predicted molar refractivity (Wildman–Crippen MR) is 87.7 cm³/mol. The predicted octanol–water partition coefficient (Wildman–Crippen LogP) is 2.45. The van der Waals surface area contributed by atoms with Crippen molar-refractivity contribution in [3.63, 3.8) is 0 Å². The number of hydrogen-bond donors (Lipinski definition) is 2. The van der Waals surface area contributed by atoms with Gasteiger partial charge >= 0.3 is 5.97 Å². The maximum absolute atomic E-state index is 11.7. The third kappa shape index (κ3) is 7.70. The summed E-state index contributed by atoms with van der Waals surface area (Å²) in [5.41, 5.74) is -0.479. The van der Waals surface area contributed by atoms with E-state index in [4.69, 9.17) is 4.74 Å². The van der Waals surface area contributed by atoms with Gasteiger partial charge in [-0.3, -0.25) is 4.79 Å². The Morgan fingerprint density at radius 3 is 2.57 bits per heavy atom. The van der Waals surface area contributed by atoms with Gasteiger partial charge in [0.25, 0.3) is 0 Å². The molecular formula is C15H25N3O2S. The standard InChI is InChI=1S/C15H25N3O2S/c1-6-16-14(17-9-12-8-7-11(2)21-12)18-10-13(19)20-15(3,4)5/h7-8H,6,9-10H2,1-5H3,(H2,16,17,18). The van der Waals surface area contributed by atoms with Crippen molar-refractivity contribution in [2.45, 2.75) is 46.8 Å². The zero-order valence-corrected chi connectivity index (χ0v) is 14.3. The Balaban J connectivity index is 2.51. The highest BCUT2D eigenvalue weighted by Gasteiger charge is 2.15. The van der Waals surface area contributed by atoms with Gasteiger partial charge in [-0.1, -0.05) is 0 Å². The normalized spacial score (nSPS) is 12.1. The zero-order valence-electron chi connectivity index (χ0n) is 13.4. The van der Waals surface area contributed by atoms with E-state index in [1.54, 1.807) is 11.3 Å². The van der Waals surface area contributed by atoms with E-state index in [0.29, 0.717) is 12.5 Å². The molecule has 0 unspecified atom stereocenters. The first-order valence-electron chi connectivity index (χ1n) is 7.09. The summed E-state index contributed by atoms with van der Waals surface area (Å²) in [6.45, 7) is 11.0. The highest BCUT2D eigenvalue weighted by molar-refractivity contribution is 7.11. The van der Waals surface area contributed by atoms with Crippen LogP contribution in [0.15, 0.2) is 17.1 Å². The largest absolute Gasteiger partial charge is 0.459 e. The number of carbonyl (C=O) groups excluding carboxylic acids is 1. The Hall–Kier alpha value is -1.56. The summed E-state index contributed by atoms with van der Waals surface area (Å²) in [6.07, 6.45) is 0. The number of hydrogen-bond acceptors (Lipinski definition) is 4. The Morgan fingerprint density at radius 2 is 2.05 bits per heavy atom. The van der Waals surface area contributed by atoms with E-state index < -0.39 is 5.60 Å². The van der Waals surface area contributed by atoms with Crippen LogP contribution in [0.2, 0.25) is 0 Å². The molecule has 6 heteroatoms. The molecule has 2 N–H and O–H groups in total. The van der Waals surface area contributed by atoms with Crippen molar-refractivity contribution in [3.8, 4) is 0 Å². The quantitative estimate of drug-likeness (QED) is 0.498. The number of ether oxygens (including phenoxy) is 1. The molecule has 0 saturated carbocycles. The molecule has 0 amide bonds. The minimum Gasteiger partial charge on any atom is -0.459 e. The number of guanidine groups is 1. The van der Waals surface area contributed by atoms with Gasteiger partial charge in [-0.05, 0) is 46.8 Å². The molecule has 1 aromatic rings. The average molecular weight is 311 g/mol. The first-order valence-corrected chi connectivity index (χ1v) is 7.91. The number of nitrogens with one attached hydrogen (secondary N) is 2. The van der Waals surface area contributed by atoms with Crippen molar-refractivity contribution in [2.24, 2.45) is 4.99 Å². The smallest absolute Gasteiger partial charge is 0.328 e. The van der Waals surface area contributed by atoms with Crippen LogP contribution >= 0.6 is 11.3 Å². The molecule has 1 aromatic heterocycles. The van der Waals surface area contributed by atoms with Gasteiger partial charge in [0, 0.05) is 16.3 Å². The van der Waals surface area contributed by atoms with Gasteiger partial charge in [-0.15, -0.1) is 11.3 Å². The molecule has 1 heterocycles. The summed E-state index contributed by atoms with van der Waals surface area (Å²) in [5, 5.41) is 6.32. The van der Waals surface area contributed by atoms with E-state index >= 15 is 0 Å². The molecular weight excluding hydrogens is 286 g/mol. The number of nitrogens with zero attached hydrogens (tertiary/aromatic N) is 1. The fourth-order valence-corrected chi connectivity index (χ4v) is 2.44. The van der Waals surface area contributed by atoms with Crippen molar-refractivity contribution < 1.29 is 9.53 Å². The second-order valence-electron chi connectivity index (χ2n) is 5.65. The molecule has 118 valence electrons. The van der Waals surface area contributed by atoms with Crippen LogP contribution in [-0.4, -0.2) is 30.6 Å². The Bertz CT molecular complexity index is 489. The monoisotopic (exact) mass is 311 g/mol. The summed E-state index contributed by atoms with van der Waals surface area (Å²) >= 11 is 1.74. The Morgan fingerprint density at radius 1 is 1.33 bits per heavy atom. The second kappa shape index (κ2) is 8.02. The topological polar surface area (TPSA) is 62.7 Å². The van der Waals surface area contributed by atoms with Crippen LogP contribution in [0, 0.1) is 6.92 Å². The van der Waals surface area contributed by atoms with E-state index in [1.807, 2.05) is 27.7 Å². The van der Waals surface area contributed by atoms with Gasteiger partial charge in [-0.2, -0.15) is 0 Å². The number of thiophene rings is 1. The van der Waals surface area contributed by atoms with Crippen molar-refractivity contribution in [1.82, 2.24) is 10.6 Å². The van der Waals surface area contributed by atoms with Crippen LogP contribution in [0.25, 0.3) is 0 Å². The summed E-state index contributed by atoms with van der Waals surface area (Å²) in [5.74, 6) is 0.293. The number of aryl methyl sites for hydroxylation is 1. The molecule has 0 aliphatic rings. The zero-order chi connectivity index (χ0) is 15.9. The fraction of sp³-hybridized carbons (Fsp3) is 0.600. The molecule has 1 rings (SSSR count). The lowest BCUT2D eigenvalue weighted by Crippen LogP contribution is -2.37. The molecule has 0 aliphatic carbocycles. The third-order valence-electron chi connectivity index (χ3n) is 2.36. The number of aliphatic imine (C=N–C) groups is 1. The highest BCUT2D eigenvalue weighted by atomic mass is 32.1. The van der Waals surface area contributed by atoms with Crippen LogP contribution in [0.4, 0.5) is 0 Å². The maximum Gasteiger partial charge on any atom is 0.328 e. The summed E-state index contributed by atoms with van der Waals surface area (Å²) in [6, 6.07) is 4.18. The summed E-state index contributed by atoms with van der Waals surface area (Å²) in [4.78, 5) is 18.4. The molecule has 21 heavy (non-hydrogen) atoms. The Labute approximate surface area is 130 Å². The van der Waals surface area contributed by atoms with Crippen LogP contribution in [0.5, 0.6) is 0 Å². The lowest BCUT2D eigenvalue weighted by atomic mass is 10.2. The van der Waals surface area contributed by atoms with Gasteiger partial charge in [0.2, 0.25) is 0 Å². The van der Waals surface area contributed by atoms with E-state index in [9.17, 15) is 4.79 Å². The van der Waals surface area contributed by atoms with Gasteiger partial charge < -0.3 is 15.4 Å². The molecule has 5 nitrogen and oxygen atoms in total. The lowest BCUT2D eigenvalue weighted by molar-refractivity contribution is -0.152. The maximum atomic E-state index is 11.7. The highest BCUT2D eigenvalue weighted by Crippen LogP contribution is 2.14. The fourth-order valence-electron chi connectivity index (χ4n) is 1.61. The first kappa shape index (κ1) is 17.5. The van der Waals surface area contributed by atoms with Crippen molar-refractivity contribution in [1.29, 1.82) is 0 Å². The minimum atomic E-state index is -0.479. The van der Waals surface area contributed by atoms with Gasteiger partial charge in [0.1, 0.15) is 12.1 Å². The van der Waals surface area contributed by atoms with Crippen molar-refractivity contribution in [3.05, 3.63) is 21.9 Å². The van der Waals surface area contributed by atoms with Crippen LogP contribution in [-0.2, 0) is 16.1 Å². The van der Waals surface area contributed by atoms with E-state index in [-0.39, 0.29) is 12.5 Å². The molecule has 0 fully saturated rings. The van der Waals surface area contributed by atoms with Gasteiger partial charge in [0.15, 0.2) is 5.96 Å². The van der Waals surface area contributed by atoms with Crippen molar-refractivity contribution >= 4 is 23.3 Å². The number of rotatable bonds is 5. The Kier molecular flexibility index (Phi) is 6.68. The van der Waals surface area contributed by atoms with Crippen LogP contribution < -0.4 is 10.6 Å². The molecule has 0 radical (unpaired) electrons. The van der Waals surface area contributed by atoms with Crippen molar-refractivity contribution in [2.75, 3.05) is 13.1 Å². The molecule has 0 spiro atoms. The average Bonchev–Trinajstić information content (AvgIpc) is 2.76. The van der Waals surface area contributed by atoms with E-state index in [0.717, 1.165) is 6.54 Å². The van der Waals surface area contributed by atoms with Gasteiger partial charge in [0.05, 0.1) is 6.54 Å². The molecule has 0 saturated heterocycles. The third-order valence-corrected chi connectivity index (χ3v) is 3.36. The summed E-state index contributed by atoms with van der Waals surface area (Å²) < 4.78 is 5.23. The minimum absolute atomic E-state index is 0.00999.